The van der Waals surface area contributed by atoms with Gasteiger partial charge in [0.25, 0.3) is 0 Å². The molecule has 0 bridgehead atoms. The minimum absolute atomic E-state index is 0.694. The smallest absolute Gasteiger partial charge is 0.175 e. The van der Waals surface area contributed by atoms with Gasteiger partial charge in [0, 0.05) is 12.7 Å². The van der Waals surface area contributed by atoms with Crippen molar-refractivity contribution in [3.05, 3.63) is 23.7 Å². The summed E-state index contributed by atoms with van der Waals surface area (Å²) in [6, 6.07) is 1.95. The molecular weight excluding hydrogens is 190 g/mol. The Kier molecular flexibility index (Phi) is 2.22. The van der Waals surface area contributed by atoms with E-state index in [1.807, 2.05) is 37.7 Å². The van der Waals surface area contributed by atoms with Gasteiger partial charge in [-0.3, -0.25) is 0 Å². The van der Waals surface area contributed by atoms with Gasteiger partial charge in [-0.2, -0.15) is 10.2 Å². The van der Waals surface area contributed by atoms with Gasteiger partial charge in [0.05, 0.1) is 17.1 Å². The molecule has 0 saturated carbocycles. The first kappa shape index (κ1) is 9.76. The molecule has 2 N–H and O–H groups in total. The molecule has 5 heteroatoms. The monoisotopic (exact) mass is 205 g/mol. The summed E-state index contributed by atoms with van der Waals surface area (Å²) < 4.78 is 3.63. The first-order valence-corrected chi connectivity index (χ1v) is 4.99. The highest BCUT2D eigenvalue weighted by atomic mass is 15.4. The average molecular weight is 205 g/mol. The third-order valence-electron chi connectivity index (χ3n) is 2.38. The molecule has 2 rings (SSSR count). The maximum Gasteiger partial charge on any atom is 0.175 e. The fourth-order valence-electron chi connectivity index (χ4n) is 1.58. The van der Waals surface area contributed by atoms with Gasteiger partial charge in [0.15, 0.2) is 5.82 Å². The van der Waals surface area contributed by atoms with Crippen LogP contribution in [0.3, 0.4) is 0 Å². The summed E-state index contributed by atoms with van der Waals surface area (Å²) >= 11 is 0. The summed E-state index contributed by atoms with van der Waals surface area (Å²) in [5, 5.41) is 8.68. The second-order valence-electron chi connectivity index (χ2n) is 3.54. The first-order valence-electron chi connectivity index (χ1n) is 4.99. The van der Waals surface area contributed by atoms with Gasteiger partial charge in [-0.25, -0.2) is 9.36 Å². The molecule has 2 aromatic rings. The third kappa shape index (κ3) is 1.49. The lowest BCUT2D eigenvalue weighted by Crippen LogP contribution is -2.08. The lowest BCUT2D eigenvalue weighted by Gasteiger charge is -2.04. The maximum absolute atomic E-state index is 5.98. The molecule has 5 nitrogen and oxygen atoms in total. The van der Waals surface area contributed by atoms with Gasteiger partial charge in [-0.15, -0.1) is 0 Å². The molecule has 2 aromatic heterocycles. The molecule has 0 aromatic carbocycles. The summed E-state index contributed by atoms with van der Waals surface area (Å²) in [7, 11) is 0. The molecular formula is C10H15N5. The van der Waals surface area contributed by atoms with Crippen molar-refractivity contribution < 1.29 is 0 Å². The van der Waals surface area contributed by atoms with E-state index in [1.54, 1.807) is 4.68 Å². The number of nitrogens with zero attached hydrogens (tertiary/aromatic N) is 4. The topological polar surface area (TPSA) is 61.7 Å². The highest BCUT2D eigenvalue weighted by Crippen LogP contribution is 2.20. The molecule has 2 heterocycles. The number of aryl methyl sites for hydroxylation is 3. The fraction of sp³-hybridized carbons (Fsp3) is 0.400. The van der Waals surface area contributed by atoms with Gasteiger partial charge in [-0.1, -0.05) is 0 Å². The first-order chi connectivity index (χ1) is 7.13. The van der Waals surface area contributed by atoms with Crippen LogP contribution in [0.5, 0.6) is 0 Å². The van der Waals surface area contributed by atoms with E-state index in [0.29, 0.717) is 5.69 Å². The Morgan fingerprint density at radius 3 is 2.60 bits per heavy atom. The van der Waals surface area contributed by atoms with Crippen LogP contribution in [-0.2, 0) is 6.54 Å². The molecule has 0 unspecified atom stereocenters. The van der Waals surface area contributed by atoms with Crippen molar-refractivity contribution in [2.24, 2.45) is 0 Å². The van der Waals surface area contributed by atoms with E-state index in [-0.39, 0.29) is 0 Å². The van der Waals surface area contributed by atoms with E-state index < -0.39 is 0 Å². The van der Waals surface area contributed by atoms with Crippen molar-refractivity contribution in [1.82, 2.24) is 19.6 Å². The molecule has 0 aliphatic heterocycles. The largest absolute Gasteiger partial charge is 0.394 e. The second-order valence-corrected chi connectivity index (χ2v) is 3.54. The van der Waals surface area contributed by atoms with Crippen LogP contribution in [-0.4, -0.2) is 19.6 Å². The zero-order valence-corrected chi connectivity index (χ0v) is 9.23. The van der Waals surface area contributed by atoms with Crippen molar-refractivity contribution in [2.45, 2.75) is 27.3 Å². The highest BCUT2D eigenvalue weighted by Gasteiger charge is 2.13. The molecule has 0 spiro atoms. The van der Waals surface area contributed by atoms with E-state index in [2.05, 4.69) is 10.2 Å². The standard InChI is InChI=1S/C10H15N5/c1-4-14-10(9(11)8(3)13-14)15-6-5-7(2)12-15/h5-6H,4,11H2,1-3H3. The van der Waals surface area contributed by atoms with Crippen LogP contribution in [0.25, 0.3) is 5.82 Å². The van der Waals surface area contributed by atoms with Crippen molar-refractivity contribution in [1.29, 1.82) is 0 Å². The van der Waals surface area contributed by atoms with E-state index in [9.17, 15) is 0 Å². The van der Waals surface area contributed by atoms with Crippen LogP contribution >= 0.6 is 0 Å². The Morgan fingerprint density at radius 2 is 2.07 bits per heavy atom. The zero-order chi connectivity index (χ0) is 11.0. The Labute approximate surface area is 88.5 Å². The summed E-state index contributed by atoms with van der Waals surface area (Å²) in [4.78, 5) is 0. The second kappa shape index (κ2) is 3.42. The van der Waals surface area contributed by atoms with Crippen LogP contribution in [0.4, 0.5) is 5.69 Å². The van der Waals surface area contributed by atoms with E-state index in [0.717, 1.165) is 23.8 Å². The summed E-state index contributed by atoms with van der Waals surface area (Å²) in [5.74, 6) is 0.850. The Balaban J connectivity index is 2.60. The van der Waals surface area contributed by atoms with Crippen LogP contribution < -0.4 is 5.73 Å². The summed E-state index contributed by atoms with van der Waals surface area (Å²) in [6.07, 6.45) is 1.90. The molecule has 0 fully saturated rings. The Morgan fingerprint density at radius 1 is 1.33 bits per heavy atom. The lowest BCUT2D eigenvalue weighted by molar-refractivity contribution is 0.617. The minimum Gasteiger partial charge on any atom is -0.394 e. The highest BCUT2D eigenvalue weighted by molar-refractivity contribution is 5.56. The molecule has 0 amide bonds. The molecule has 0 atom stereocenters. The van der Waals surface area contributed by atoms with Gasteiger partial charge < -0.3 is 5.73 Å². The van der Waals surface area contributed by atoms with Crippen LogP contribution in [0.2, 0.25) is 0 Å². The number of nitrogens with two attached hydrogens (primary N) is 1. The quantitative estimate of drug-likeness (QED) is 0.803. The van der Waals surface area contributed by atoms with Crippen LogP contribution in [0.15, 0.2) is 12.3 Å². The Hall–Kier alpha value is -1.78. The van der Waals surface area contributed by atoms with E-state index in [1.165, 1.54) is 0 Å². The molecule has 0 aliphatic carbocycles. The predicted molar refractivity (Wildman–Crippen MR) is 58.9 cm³/mol. The van der Waals surface area contributed by atoms with Crippen molar-refractivity contribution in [3.8, 4) is 5.82 Å². The molecule has 0 aliphatic rings. The summed E-state index contributed by atoms with van der Waals surface area (Å²) in [5.41, 5.74) is 8.49. The number of anilines is 1. The lowest BCUT2D eigenvalue weighted by atomic mass is 10.4. The molecule has 0 saturated heterocycles. The summed E-state index contributed by atoms with van der Waals surface area (Å²) in [6.45, 7) is 6.67. The average Bonchev–Trinajstić information content (AvgIpc) is 2.73. The van der Waals surface area contributed by atoms with Gasteiger partial charge in [0.2, 0.25) is 0 Å². The normalized spacial score (nSPS) is 10.9. The Bertz CT molecular complexity index is 480. The number of aromatic nitrogens is 4. The fourth-order valence-corrected chi connectivity index (χ4v) is 1.58. The van der Waals surface area contributed by atoms with Crippen molar-refractivity contribution in [3.63, 3.8) is 0 Å². The molecule has 80 valence electrons. The van der Waals surface area contributed by atoms with E-state index >= 15 is 0 Å². The van der Waals surface area contributed by atoms with Gasteiger partial charge >= 0.3 is 0 Å². The van der Waals surface area contributed by atoms with Crippen molar-refractivity contribution in [2.75, 3.05) is 5.73 Å². The SMILES string of the molecule is CCn1nc(C)c(N)c1-n1ccc(C)n1. The van der Waals surface area contributed by atoms with Crippen LogP contribution in [0.1, 0.15) is 18.3 Å². The number of hydrogen-bond donors (Lipinski definition) is 1. The number of nitrogen functional groups attached to an aromatic ring is 1. The van der Waals surface area contributed by atoms with Gasteiger partial charge in [-0.05, 0) is 26.8 Å². The predicted octanol–water partition coefficient (Wildman–Crippen LogP) is 1.29. The minimum atomic E-state index is 0.694. The zero-order valence-electron chi connectivity index (χ0n) is 9.23. The van der Waals surface area contributed by atoms with Gasteiger partial charge in [0.1, 0.15) is 0 Å². The number of hydrogen-bond acceptors (Lipinski definition) is 3. The van der Waals surface area contributed by atoms with Crippen molar-refractivity contribution >= 4 is 5.69 Å². The third-order valence-corrected chi connectivity index (χ3v) is 2.38. The maximum atomic E-state index is 5.98. The molecule has 0 radical (unpaired) electrons. The number of rotatable bonds is 2. The molecule has 15 heavy (non-hydrogen) atoms. The van der Waals surface area contributed by atoms with E-state index in [4.69, 9.17) is 5.73 Å². The van der Waals surface area contributed by atoms with Crippen LogP contribution in [0, 0.1) is 13.8 Å².